The molecule has 2 aromatic heterocycles. The van der Waals surface area contributed by atoms with Crippen LogP contribution in [0, 0.1) is 13.8 Å². The van der Waals surface area contributed by atoms with E-state index < -0.39 is 0 Å². The van der Waals surface area contributed by atoms with Crippen molar-refractivity contribution in [3.05, 3.63) is 28.7 Å². The summed E-state index contributed by atoms with van der Waals surface area (Å²) in [6, 6.07) is 1.98. The van der Waals surface area contributed by atoms with Gasteiger partial charge in [-0.3, -0.25) is 4.79 Å². The first kappa shape index (κ1) is 15.9. The maximum absolute atomic E-state index is 11.8. The van der Waals surface area contributed by atoms with Gasteiger partial charge in [-0.15, -0.1) is 11.3 Å². The van der Waals surface area contributed by atoms with Gasteiger partial charge in [-0.1, -0.05) is 6.92 Å². The van der Waals surface area contributed by atoms with Crippen molar-refractivity contribution in [2.45, 2.75) is 39.5 Å². The van der Waals surface area contributed by atoms with E-state index in [0.29, 0.717) is 6.42 Å². The third kappa shape index (κ3) is 3.67. The number of carbonyl (C=O) groups is 1. The minimum absolute atomic E-state index is 0.217. The molecule has 1 atom stereocenters. The minimum Gasteiger partial charge on any atom is -0.342 e. The molecule has 1 aliphatic heterocycles. The number of nitrogens with zero attached hydrogens (tertiary/aromatic N) is 4. The van der Waals surface area contributed by atoms with Gasteiger partial charge < -0.3 is 10.2 Å². The third-order valence-corrected chi connectivity index (χ3v) is 4.80. The smallest absolute Gasteiger partial charge is 0.222 e. The van der Waals surface area contributed by atoms with Gasteiger partial charge in [0.05, 0.1) is 5.69 Å². The zero-order chi connectivity index (χ0) is 16.4. The van der Waals surface area contributed by atoms with Crippen molar-refractivity contribution in [1.82, 2.24) is 19.9 Å². The Bertz CT molecular complexity index is 714. The van der Waals surface area contributed by atoms with Crippen molar-refractivity contribution in [1.29, 1.82) is 0 Å². The summed E-state index contributed by atoms with van der Waals surface area (Å²) in [5.41, 5.74) is 1.000. The van der Waals surface area contributed by atoms with Crippen LogP contribution in [0.15, 0.2) is 12.3 Å². The number of aromatic nitrogens is 3. The Morgan fingerprint density at radius 2 is 2.26 bits per heavy atom. The SMILES string of the molecule is CCC(=O)N1CC[C@@H](c2cc(Nc3ncc(C)s3)nc(C)n2)C1. The highest BCUT2D eigenvalue weighted by atomic mass is 32.1. The lowest BCUT2D eigenvalue weighted by Crippen LogP contribution is -2.27. The zero-order valence-electron chi connectivity index (χ0n) is 13.7. The summed E-state index contributed by atoms with van der Waals surface area (Å²) in [6.07, 6.45) is 3.36. The second-order valence-electron chi connectivity index (χ2n) is 5.81. The molecule has 0 radical (unpaired) electrons. The Labute approximate surface area is 140 Å². The van der Waals surface area contributed by atoms with Crippen molar-refractivity contribution < 1.29 is 4.79 Å². The summed E-state index contributed by atoms with van der Waals surface area (Å²) >= 11 is 1.60. The van der Waals surface area contributed by atoms with E-state index in [9.17, 15) is 4.79 Å². The average Bonchev–Trinajstić information content (AvgIpc) is 3.15. The third-order valence-electron chi connectivity index (χ3n) is 3.98. The normalized spacial score (nSPS) is 17.5. The molecule has 0 spiro atoms. The molecule has 122 valence electrons. The van der Waals surface area contributed by atoms with Gasteiger partial charge in [-0.25, -0.2) is 15.0 Å². The highest BCUT2D eigenvalue weighted by molar-refractivity contribution is 7.15. The van der Waals surface area contributed by atoms with Gasteiger partial charge in [0.2, 0.25) is 5.91 Å². The van der Waals surface area contributed by atoms with Crippen molar-refractivity contribution in [3.8, 4) is 0 Å². The Morgan fingerprint density at radius 3 is 2.96 bits per heavy atom. The molecule has 0 unspecified atom stereocenters. The highest BCUT2D eigenvalue weighted by Crippen LogP contribution is 2.28. The lowest BCUT2D eigenvalue weighted by atomic mass is 10.0. The topological polar surface area (TPSA) is 71.0 Å². The van der Waals surface area contributed by atoms with Crippen LogP contribution >= 0.6 is 11.3 Å². The Hall–Kier alpha value is -2.02. The maximum Gasteiger partial charge on any atom is 0.222 e. The fourth-order valence-corrected chi connectivity index (χ4v) is 3.51. The predicted octanol–water partition coefficient (Wildman–Crippen LogP) is 3.02. The number of nitrogens with one attached hydrogen (secondary N) is 1. The van der Waals surface area contributed by atoms with Crippen LogP contribution in [0.1, 0.15) is 42.1 Å². The molecule has 0 bridgehead atoms. The second-order valence-corrected chi connectivity index (χ2v) is 7.04. The summed E-state index contributed by atoms with van der Waals surface area (Å²) in [5, 5.41) is 4.08. The second kappa shape index (κ2) is 6.62. The van der Waals surface area contributed by atoms with Gasteiger partial charge in [-0.2, -0.15) is 0 Å². The summed E-state index contributed by atoms with van der Waals surface area (Å²) in [7, 11) is 0. The van der Waals surface area contributed by atoms with Gasteiger partial charge >= 0.3 is 0 Å². The summed E-state index contributed by atoms with van der Waals surface area (Å²) < 4.78 is 0. The highest BCUT2D eigenvalue weighted by Gasteiger charge is 2.27. The van der Waals surface area contributed by atoms with E-state index in [2.05, 4.69) is 20.3 Å². The minimum atomic E-state index is 0.217. The van der Waals surface area contributed by atoms with E-state index >= 15 is 0 Å². The molecule has 23 heavy (non-hydrogen) atoms. The van der Waals surface area contributed by atoms with E-state index in [4.69, 9.17) is 0 Å². The molecule has 0 saturated carbocycles. The molecule has 7 heteroatoms. The van der Waals surface area contributed by atoms with E-state index in [1.54, 1.807) is 11.3 Å². The Kier molecular flexibility index (Phi) is 4.56. The first-order valence-corrected chi connectivity index (χ1v) is 8.69. The molecular weight excluding hydrogens is 310 g/mol. The average molecular weight is 331 g/mol. The molecule has 1 amide bonds. The van der Waals surface area contributed by atoms with E-state index in [-0.39, 0.29) is 11.8 Å². The number of rotatable bonds is 4. The summed E-state index contributed by atoms with van der Waals surface area (Å²) in [6.45, 7) is 7.39. The van der Waals surface area contributed by atoms with Crippen molar-refractivity contribution in [2.24, 2.45) is 0 Å². The standard InChI is InChI=1S/C16H21N5OS/c1-4-15(22)21-6-5-12(9-21)13-7-14(19-11(3)18-13)20-16-17-8-10(2)23-16/h7-8,12H,4-6,9H2,1-3H3,(H,17,18,19,20)/t12-/m1/s1. The van der Waals surface area contributed by atoms with Crippen LogP contribution in [0.3, 0.4) is 0 Å². The molecule has 1 aliphatic rings. The van der Waals surface area contributed by atoms with Crippen LogP contribution < -0.4 is 5.32 Å². The number of hydrogen-bond acceptors (Lipinski definition) is 6. The predicted molar refractivity (Wildman–Crippen MR) is 91.1 cm³/mol. The van der Waals surface area contributed by atoms with Crippen LogP contribution in [0.4, 0.5) is 10.9 Å². The largest absolute Gasteiger partial charge is 0.342 e. The molecular formula is C16H21N5OS. The fourth-order valence-electron chi connectivity index (χ4n) is 2.84. The van der Waals surface area contributed by atoms with E-state index in [1.807, 2.05) is 37.9 Å². The molecule has 0 aromatic carbocycles. The monoisotopic (exact) mass is 331 g/mol. The van der Waals surface area contributed by atoms with Gasteiger partial charge in [0, 0.05) is 42.6 Å². The number of amides is 1. The van der Waals surface area contributed by atoms with E-state index in [1.165, 1.54) is 0 Å². The van der Waals surface area contributed by atoms with Gasteiger partial charge in [0.25, 0.3) is 0 Å². The quantitative estimate of drug-likeness (QED) is 0.932. The number of hydrogen-bond donors (Lipinski definition) is 1. The summed E-state index contributed by atoms with van der Waals surface area (Å²) in [5.74, 6) is 2.00. The summed E-state index contributed by atoms with van der Waals surface area (Å²) in [4.78, 5) is 28.3. The van der Waals surface area contributed by atoms with E-state index in [0.717, 1.165) is 46.9 Å². The zero-order valence-corrected chi connectivity index (χ0v) is 14.5. The first-order valence-electron chi connectivity index (χ1n) is 7.88. The Balaban J connectivity index is 1.77. The molecule has 3 rings (SSSR count). The van der Waals surface area contributed by atoms with Gasteiger partial charge in [0.15, 0.2) is 5.13 Å². The van der Waals surface area contributed by atoms with Crippen LogP contribution in [0.5, 0.6) is 0 Å². The molecule has 3 heterocycles. The molecule has 1 N–H and O–H groups in total. The number of aryl methyl sites for hydroxylation is 2. The maximum atomic E-state index is 11.8. The number of carbonyl (C=O) groups excluding carboxylic acids is 1. The number of anilines is 2. The van der Waals surface area contributed by atoms with Crippen LogP contribution in [0.25, 0.3) is 0 Å². The molecule has 1 saturated heterocycles. The van der Waals surface area contributed by atoms with Gasteiger partial charge in [0.1, 0.15) is 11.6 Å². The first-order chi connectivity index (χ1) is 11.0. The fraction of sp³-hybridized carbons (Fsp3) is 0.500. The molecule has 2 aromatic rings. The lowest BCUT2D eigenvalue weighted by molar-refractivity contribution is -0.129. The van der Waals surface area contributed by atoms with Crippen LogP contribution in [-0.2, 0) is 4.79 Å². The lowest BCUT2D eigenvalue weighted by Gasteiger charge is -2.16. The molecule has 6 nitrogen and oxygen atoms in total. The number of thiazole rings is 1. The number of likely N-dealkylation sites (tertiary alicyclic amines) is 1. The Morgan fingerprint density at radius 1 is 1.43 bits per heavy atom. The molecule has 0 aliphatic carbocycles. The van der Waals surface area contributed by atoms with Gasteiger partial charge in [-0.05, 0) is 20.3 Å². The van der Waals surface area contributed by atoms with Crippen molar-refractivity contribution in [3.63, 3.8) is 0 Å². The van der Waals surface area contributed by atoms with Crippen molar-refractivity contribution >= 4 is 28.2 Å². The van der Waals surface area contributed by atoms with Crippen LogP contribution in [0.2, 0.25) is 0 Å². The van der Waals surface area contributed by atoms with Crippen LogP contribution in [-0.4, -0.2) is 38.8 Å². The van der Waals surface area contributed by atoms with Crippen molar-refractivity contribution in [2.75, 3.05) is 18.4 Å². The molecule has 1 fully saturated rings.